The summed E-state index contributed by atoms with van der Waals surface area (Å²) in [7, 11) is 1.51. The third-order valence-corrected chi connectivity index (χ3v) is 2.88. The number of nitrogens with zero attached hydrogens (tertiary/aromatic N) is 2. The maximum Gasteiger partial charge on any atom is 0.330 e. The summed E-state index contributed by atoms with van der Waals surface area (Å²) in [4.78, 5) is 25.7. The van der Waals surface area contributed by atoms with E-state index >= 15 is 0 Å². The van der Waals surface area contributed by atoms with Gasteiger partial charge in [-0.25, -0.2) is 4.79 Å². The zero-order valence-electron chi connectivity index (χ0n) is 11.8. The van der Waals surface area contributed by atoms with Crippen LogP contribution < -0.4 is 22.3 Å². The number of methoxy groups -OCH3 is 1. The maximum atomic E-state index is 11.8. The van der Waals surface area contributed by atoms with E-state index in [2.05, 4.69) is 15.5 Å². The molecule has 2 aromatic heterocycles. The Morgan fingerprint density at radius 2 is 2.29 bits per heavy atom. The fraction of sp³-hybridized carbons (Fsp3) is 0.417. The fourth-order valence-corrected chi connectivity index (χ4v) is 1.84. The number of nitrogen functional groups attached to an aromatic ring is 1. The second kappa shape index (κ2) is 6.27. The van der Waals surface area contributed by atoms with Crippen LogP contribution in [0.3, 0.4) is 0 Å². The van der Waals surface area contributed by atoms with Crippen molar-refractivity contribution in [3.05, 3.63) is 38.4 Å². The smallest absolute Gasteiger partial charge is 0.330 e. The highest BCUT2D eigenvalue weighted by Crippen LogP contribution is 2.12. The van der Waals surface area contributed by atoms with Gasteiger partial charge in [0.1, 0.15) is 23.0 Å². The van der Waals surface area contributed by atoms with E-state index in [9.17, 15) is 9.59 Å². The van der Waals surface area contributed by atoms with Gasteiger partial charge in [0, 0.05) is 13.2 Å². The number of ether oxygens (including phenoxy) is 1. The number of hydrogen-bond acceptors (Lipinski definition) is 7. The minimum atomic E-state index is -0.577. The average molecular weight is 295 g/mol. The lowest BCUT2D eigenvalue weighted by molar-refractivity contribution is 0.186. The Hall–Kier alpha value is -2.55. The second-order valence-corrected chi connectivity index (χ2v) is 4.45. The van der Waals surface area contributed by atoms with E-state index in [1.54, 1.807) is 13.0 Å². The molecule has 2 rings (SSSR count). The topological polar surface area (TPSA) is 128 Å². The predicted octanol–water partition coefficient (Wildman–Crippen LogP) is -0.326. The first kappa shape index (κ1) is 14.9. The molecule has 0 saturated carbocycles. The standard InChI is InChI=1S/C12H17N5O4/c1-7-5-8(16-21-7)6-14-9-10(13)17(3-4-20-2)12(19)15-11(9)18/h5,14H,3-4,6,13H2,1-2H3,(H,15,18,19). The van der Waals surface area contributed by atoms with Crippen LogP contribution in [-0.4, -0.2) is 28.4 Å². The number of H-pyrrole nitrogens is 1. The Morgan fingerprint density at radius 3 is 2.90 bits per heavy atom. The maximum absolute atomic E-state index is 11.8. The quantitative estimate of drug-likeness (QED) is 0.665. The number of nitrogens with one attached hydrogen (secondary N) is 2. The number of rotatable bonds is 6. The van der Waals surface area contributed by atoms with Crippen LogP contribution in [0.4, 0.5) is 11.5 Å². The van der Waals surface area contributed by atoms with Gasteiger partial charge in [-0.15, -0.1) is 0 Å². The monoisotopic (exact) mass is 295 g/mol. The summed E-state index contributed by atoms with van der Waals surface area (Å²) in [6.07, 6.45) is 0. The van der Waals surface area contributed by atoms with Crippen LogP contribution in [0.2, 0.25) is 0 Å². The van der Waals surface area contributed by atoms with E-state index in [-0.39, 0.29) is 24.6 Å². The molecule has 0 fully saturated rings. The third kappa shape index (κ3) is 3.31. The van der Waals surface area contributed by atoms with E-state index < -0.39 is 11.2 Å². The number of nitrogens with two attached hydrogens (primary N) is 1. The van der Waals surface area contributed by atoms with Gasteiger partial charge >= 0.3 is 5.69 Å². The number of aryl methyl sites for hydroxylation is 1. The highest BCUT2D eigenvalue weighted by Gasteiger charge is 2.12. The van der Waals surface area contributed by atoms with Crippen molar-refractivity contribution in [2.75, 3.05) is 24.8 Å². The number of aromatic nitrogens is 3. The molecule has 0 unspecified atom stereocenters. The molecule has 114 valence electrons. The minimum Gasteiger partial charge on any atom is -0.383 e. The van der Waals surface area contributed by atoms with Crippen LogP contribution >= 0.6 is 0 Å². The summed E-state index contributed by atoms with van der Waals surface area (Å²) in [5.74, 6) is 0.722. The van der Waals surface area contributed by atoms with Crippen LogP contribution in [-0.2, 0) is 17.8 Å². The van der Waals surface area contributed by atoms with Crippen LogP contribution in [0, 0.1) is 6.92 Å². The van der Waals surface area contributed by atoms with Crippen molar-refractivity contribution in [1.82, 2.24) is 14.7 Å². The highest BCUT2D eigenvalue weighted by molar-refractivity contribution is 5.60. The summed E-state index contributed by atoms with van der Waals surface area (Å²) in [5.41, 5.74) is 5.47. The van der Waals surface area contributed by atoms with Crippen LogP contribution in [0.1, 0.15) is 11.5 Å². The third-order valence-electron chi connectivity index (χ3n) is 2.88. The van der Waals surface area contributed by atoms with Crippen LogP contribution in [0.5, 0.6) is 0 Å². The molecule has 0 atom stereocenters. The van der Waals surface area contributed by atoms with Crippen LogP contribution in [0.15, 0.2) is 20.2 Å². The molecule has 0 saturated heterocycles. The lowest BCUT2D eigenvalue weighted by atomic mass is 10.3. The van der Waals surface area contributed by atoms with Gasteiger partial charge in [-0.3, -0.25) is 14.3 Å². The van der Waals surface area contributed by atoms with Gasteiger partial charge in [0.25, 0.3) is 5.56 Å². The summed E-state index contributed by atoms with van der Waals surface area (Å²) in [6, 6.07) is 1.73. The lowest BCUT2D eigenvalue weighted by Gasteiger charge is -2.12. The molecular formula is C12H17N5O4. The summed E-state index contributed by atoms with van der Waals surface area (Å²) < 4.78 is 11.1. The largest absolute Gasteiger partial charge is 0.383 e. The number of aromatic amines is 1. The fourth-order valence-electron chi connectivity index (χ4n) is 1.84. The molecule has 0 spiro atoms. The van der Waals surface area contributed by atoms with Crippen molar-refractivity contribution in [3.63, 3.8) is 0 Å². The zero-order chi connectivity index (χ0) is 15.4. The first-order chi connectivity index (χ1) is 10.0. The van der Waals surface area contributed by atoms with Crippen molar-refractivity contribution >= 4 is 11.5 Å². The van der Waals surface area contributed by atoms with E-state index in [0.29, 0.717) is 18.1 Å². The summed E-state index contributed by atoms with van der Waals surface area (Å²) in [5, 5.41) is 6.66. The van der Waals surface area contributed by atoms with Crippen molar-refractivity contribution in [3.8, 4) is 0 Å². The van der Waals surface area contributed by atoms with E-state index in [1.165, 1.54) is 11.7 Å². The van der Waals surface area contributed by atoms with Gasteiger partial charge in [0.15, 0.2) is 0 Å². The van der Waals surface area contributed by atoms with Crippen LogP contribution in [0.25, 0.3) is 0 Å². The molecule has 0 bridgehead atoms. The van der Waals surface area contributed by atoms with E-state index in [0.717, 1.165) is 0 Å². The summed E-state index contributed by atoms with van der Waals surface area (Å²) in [6.45, 7) is 2.57. The Kier molecular flexibility index (Phi) is 4.43. The molecule has 2 heterocycles. The second-order valence-electron chi connectivity index (χ2n) is 4.45. The van der Waals surface area contributed by atoms with Crippen molar-refractivity contribution < 1.29 is 9.26 Å². The molecule has 4 N–H and O–H groups in total. The molecule has 9 heteroatoms. The van der Waals surface area contributed by atoms with Crippen molar-refractivity contribution in [2.24, 2.45) is 0 Å². The Balaban J connectivity index is 2.26. The molecule has 0 aromatic carbocycles. The minimum absolute atomic E-state index is 0.0565. The molecule has 0 radical (unpaired) electrons. The Bertz CT molecular complexity index is 730. The Morgan fingerprint density at radius 1 is 1.52 bits per heavy atom. The van der Waals surface area contributed by atoms with Gasteiger partial charge in [-0.1, -0.05) is 5.16 Å². The normalized spacial score (nSPS) is 10.8. The molecule has 0 amide bonds. The first-order valence-corrected chi connectivity index (χ1v) is 6.30. The zero-order valence-corrected chi connectivity index (χ0v) is 11.8. The van der Waals surface area contributed by atoms with Crippen molar-refractivity contribution in [2.45, 2.75) is 20.0 Å². The van der Waals surface area contributed by atoms with Gasteiger partial charge in [0.05, 0.1) is 19.7 Å². The SMILES string of the molecule is COCCn1c(N)c(NCc2cc(C)on2)c(=O)[nH]c1=O. The lowest BCUT2D eigenvalue weighted by Crippen LogP contribution is -2.34. The molecule has 21 heavy (non-hydrogen) atoms. The van der Waals surface area contributed by atoms with E-state index in [1.807, 2.05) is 0 Å². The Labute approximate surface area is 119 Å². The molecule has 0 aliphatic rings. The predicted molar refractivity (Wildman–Crippen MR) is 76.2 cm³/mol. The average Bonchev–Trinajstić information content (AvgIpc) is 2.84. The number of hydrogen-bond donors (Lipinski definition) is 3. The van der Waals surface area contributed by atoms with Gasteiger partial charge < -0.3 is 20.3 Å². The number of anilines is 2. The molecular weight excluding hydrogens is 278 g/mol. The van der Waals surface area contributed by atoms with Gasteiger partial charge in [0.2, 0.25) is 0 Å². The highest BCUT2D eigenvalue weighted by atomic mass is 16.5. The first-order valence-electron chi connectivity index (χ1n) is 6.30. The molecule has 9 nitrogen and oxygen atoms in total. The summed E-state index contributed by atoms with van der Waals surface area (Å²) >= 11 is 0. The van der Waals surface area contributed by atoms with E-state index in [4.69, 9.17) is 15.0 Å². The molecule has 2 aromatic rings. The molecule has 0 aliphatic heterocycles. The van der Waals surface area contributed by atoms with Gasteiger partial charge in [-0.2, -0.15) is 0 Å². The molecule has 0 aliphatic carbocycles. The van der Waals surface area contributed by atoms with Gasteiger partial charge in [-0.05, 0) is 6.92 Å². The van der Waals surface area contributed by atoms with Crippen molar-refractivity contribution in [1.29, 1.82) is 0 Å².